The molecule has 3 heteroatoms. The van der Waals surface area contributed by atoms with Gasteiger partial charge in [0.25, 0.3) is 0 Å². The molecular formula is C13H18N2O. The topological polar surface area (TPSA) is 32.3 Å². The average molecular weight is 218 g/mol. The Morgan fingerprint density at radius 1 is 1.50 bits per heavy atom. The first-order chi connectivity index (χ1) is 7.74. The fraction of sp³-hybridized carbons (Fsp3) is 0.462. The Bertz CT molecular complexity index is 389. The molecule has 1 atom stereocenters. The van der Waals surface area contributed by atoms with E-state index in [4.69, 9.17) is 0 Å². The van der Waals surface area contributed by atoms with E-state index in [0.29, 0.717) is 6.54 Å². The van der Waals surface area contributed by atoms with E-state index in [1.807, 2.05) is 11.0 Å². The SMILES string of the molecule is CNCC(=O)N1CCc2ccccc2C1C. The van der Waals surface area contributed by atoms with Gasteiger partial charge >= 0.3 is 0 Å². The van der Waals surface area contributed by atoms with E-state index in [0.717, 1.165) is 13.0 Å². The third-order valence-corrected chi connectivity index (χ3v) is 3.24. The lowest BCUT2D eigenvalue weighted by Crippen LogP contribution is -2.42. The van der Waals surface area contributed by atoms with E-state index >= 15 is 0 Å². The van der Waals surface area contributed by atoms with Gasteiger partial charge in [0.05, 0.1) is 12.6 Å². The molecule has 1 aliphatic rings. The number of carbonyl (C=O) groups is 1. The largest absolute Gasteiger partial charge is 0.334 e. The van der Waals surface area contributed by atoms with Gasteiger partial charge in [-0.05, 0) is 31.5 Å². The Kier molecular flexibility index (Phi) is 3.25. The van der Waals surface area contributed by atoms with Crippen LogP contribution in [0.15, 0.2) is 24.3 Å². The molecule has 0 aromatic heterocycles. The number of nitrogens with one attached hydrogen (secondary N) is 1. The minimum absolute atomic E-state index is 0.185. The summed E-state index contributed by atoms with van der Waals surface area (Å²) >= 11 is 0. The highest BCUT2D eigenvalue weighted by Crippen LogP contribution is 2.28. The molecule has 1 heterocycles. The van der Waals surface area contributed by atoms with Gasteiger partial charge in [0.15, 0.2) is 0 Å². The summed E-state index contributed by atoms with van der Waals surface area (Å²) in [6.45, 7) is 3.36. The molecule has 0 saturated carbocycles. The molecule has 1 unspecified atom stereocenters. The second kappa shape index (κ2) is 4.66. The van der Waals surface area contributed by atoms with Crippen LogP contribution in [0.3, 0.4) is 0 Å². The van der Waals surface area contributed by atoms with Crippen LogP contribution in [0.25, 0.3) is 0 Å². The van der Waals surface area contributed by atoms with Crippen molar-refractivity contribution in [2.24, 2.45) is 0 Å². The summed E-state index contributed by atoms with van der Waals surface area (Å²) in [6, 6.07) is 8.59. The number of rotatable bonds is 2. The minimum atomic E-state index is 0.185. The highest BCUT2D eigenvalue weighted by molar-refractivity contribution is 5.79. The van der Waals surface area contributed by atoms with E-state index in [1.54, 1.807) is 7.05 Å². The van der Waals surface area contributed by atoms with Crippen molar-refractivity contribution in [3.8, 4) is 0 Å². The number of likely N-dealkylation sites (N-methyl/N-ethyl adjacent to an activating group) is 1. The van der Waals surface area contributed by atoms with Crippen LogP contribution < -0.4 is 5.32 Å². The molecule has 2 rings (SSSR count). The normalized spacial score (nSPS) is 19.4. The van der Waals surface area contributed by atoms with Crippen molar-refractivity contribution in [1.29, 1.82) is 0 Å². The molecule has 0 radical (unpaired) electrons. The summed E-state index contributed by atoms with van der Waals surface area (Å²) in [5.74, 6) is 0.185. The molecule has 0 fully saturated rings. The van der Waals surface area contributed by atoms with Crippen LogP contribution in [0.4, 0.5) is 0 Å². The van der Waals surface area contributed by atoms with Crippen molar-refractivity contribution in [3.63, 3.8) is 0 Å². The molecule has 1 aromatic carbocycles. The van der Waals surface area contributed by atoms with Crippen molar-refractivity contribution >= 4 is 5.91 Å². The first-order valence-corrected chi connectivity index (χ1v) is 5.76. The number of carbonyl (C=O) groups excluding carboxylic acids is 1. The predicted octanol–water partition coefficient (Wildman–Crippen LogP) is 1.35. The monoisotopic (exact) mass is 218 g/mol. The Labute approximate surface area is 96.5 Å². The lowest BCUT2D eigenvalue weighted by molar-refractivity contribution is -0.132. The van der Waals surface area contributed by atoms with Crippen LogP contribution in [0.5, 0.6) is 0 Å². The lowest BCUT2D eigenvalue weighted by atomic mass is 9.93. The molecule has 0 aliphatic carbocycles. The van der Waals surface area contributed by atoms with Crippen molar-refractivity contribution < 1.29 is 4.79 Å². The second-order valence-electron chi connectivity index (χ2n) is 4.24. The summed E-state index contributed by atoms with van der Waals surface area (Å²) in [5, 5.41) is 2.92. The number of amides is 1. The van der Waals surface area contributed by atoms with Crippen molar-refractivity contribution in [2.75, 3.05) is 20.1 Å². The number of nitrogens with zero attached hydrogens (tertiary/aromatic N) is 1. The van der Waals surface area contributed by atoms with Crippen LogP contribution in [0, 0.1) is 0 Å². The molecule has 3 nitrogen and oxygen atoms in total. The van der Waals surface area contributed by atoms with E-state index in [-0.39, 0.29) is 11.9 Å². The van der Waals surface area contributed by atoms with Crippen LogP contribution in [0.1, 0.15) is 24.1 Å². The zero-order valence-electron chi connectivity index (χ0n) is 9.86. The van der Waals surface area contributed by atoms with Gasteiger partial charge < -0.3 is 10.2 Å². The van der Waals surface area contributed by atoms with Crippen LogP contribution in [-0.4, -0.2) is 30.9 Å². The van der Waals surface area contributed by atoms with Gasteiger partial charge in [-0.1, -0.05) is 24.3 Å². The first-order valence-electron chi connectivity index (χ1n) is 5.76. The standard InChI is InChI=1S/C13H18N2O/c1-10-12-6-4-3-5-11(12)7-8-15(10)13(16)9-14-2/h3-6,10,14H,7-9H2,1-2H3. The van der Waals surface area contributed by atoms with Gasteiger partial charge in [0, 0.05) is 6.54 Å². The summed E-state index contributed by atoms with van der Waals surface area (Å²) in [4.78, 5) is 13.8. The number of hydrogen-bond donors (Lipinski definition) is 1. The minimum Gasteiger partial charge on any atom is -0.334 e. The van der Waals surface area contributed by atoms with Gasteiger partial charge in [0.1, 0.15) is 0 Å². The first kappa shape index (κ1) is 11.1. The predicted molar refractivity (Wildman–Crippen MR) is 64.2 cm³/mol. The smallest absolute Gasteiger partial charge is 0.237 e. The van der Waals surface area contributed by atoms with Gasteiger partial charge in [-0.2, -0.15) is 0 Å². The molecule has 1 aliphatic heterocycles. The molecule has 0 spiro atoms. The molecule has 86 valence electrons. The van der Waals surface area contributed by atoms with Crippen LogP contribution in [0.2, 0.25) is 0 Å². The molecule has 0 saturated heterocycles. The highest BCUT2D eigenvalue weighted by atomic mass is 16.2. The van der Waals surface area contributed by atoms with Crippen molar-refractivity contribution in [2.45, 2.75) is 19.4 Å². The number of benzene rings is 1. The number of fused-ring (bicyclic) bond motifs is 1. The maximum Gasteiger partial charge on any atom is 0.237 e. The van der Waals surface area contributed by atoms with Crippen LogP contribution in [-0.2, 0) is 11.2 Å². The maximum atomic E-state index is 11.9. The number of hydrogen-bond acceptors (Lipinski definition) is 2. The summed E-state index contributed by atoms with van der Waals surface area (Å²) in [5.41, 5.74) is 2.67. The van der Waals surface area contributed by atoms with E-state index in [2.05, 4.69) is 30.4 Å². The zero-order chi connectivity index (χ0) is 11.5. The van der Waals surface area contributed by atoms with Crippen molar-refractivity contribution in [3.05, 3.63) is 35.4 Å². The lowest BCUT2D eigenvalue weighted by Gasteiger charge is -2.35. The summed E-state index contributed by atoms with van der Waals surface area (Å²) < 4.78 is 0. The van der Waals surface area contributed by atoms with E-state index in [9.17, 15) is 4.79 Å². The van der Waals surface area contributed by atoms with Gasteiger partial charge in [-0.3, -0.25) is 4.79 Å². The van der Waals surface area contributed by atoms with Gasteiger partial charge in [0.2, 0.25) is 5.91 Å². The Hall–Kier alpha value is -1.35. The Balaban J connectivity index is 2.21. The maximum absolute atomic E-state index is 11.9. The van der Waals surface area contributed by atoms with E-state index < -0.39 is 0 Å². The molecule has 1 amide bonds. The molecule has 1 N–H and O–H groups in total. The fourth-order valence-electron chi connectivity index (χ4n) is 2.37. The zero-order valence-corrected chi connectivity index (χ0v) is 9.86. The fourth-order valence-corrected chi connectivity index (χ4v) is 2.37. The van der Waals surface area contributed by atoms with E-state index in [1.165, 1.54) is 11.1 Å². The third kappa shape index (κ3) is 1.95. The third-order valence-electron chi connectivity index (χ3n) is 3.24. The van der Waals surface area contributed by atoms with Crippen LogP contribution >= 0.6 is 0 Å². The molecular weight excluding hydrogens is 200 g/mol. The molecule has 16 heavy (non-hydrogen) atoms. The Morgan fingerprint density at radius 3 is 3.00 bits per heavy atom. The summed E-state index contributed by atoms with van der Waals surface area (Å²) in [6.07, 6.45) is 0.968. The quantitative estimate of drug-likeness (QED) is 0.812. The molecule has 1 aromatic rings. The molecule has 0 bridgehead atoms. The average Bonchev–Trinajstić information content (AvgIpc) is 2.30. The highest BCUT2D eigenvalue weighted by Gasteiger charge is 2.26. The Morgan fingerprint density at radius 2 is 2.25 bits per heavy atom. The summed E-state index contributed by atoms with van der Waals surface area (Å²) in [7, 11) is 1.81. The second-order valence-corrected chi connectivity index (χ2v) is 4.24. The van der Waals surface area contributed by atoms with Gasteiger partial charge in [-0.25, -0.2) is 0 Å². The van der Waals surface area contributed by atoms with Crippen molar-refractivity contribution in [1.82, 2.24) is 10.2 Å². The van der Waals surface area contributed by atoms with Gasteiger partial charge in [-0.15, -0.1) is 0 Å².